The Hall–Kier alpha value is -3.59. The molecule has 0 aliphatic carbocycles. The molecule has 6 heteroatoms. The molecule has 0 saturated carbocycles. The number of aromatic nitrogens is 2. The van der Waals surface area contributed by atoms with Crippen LogP contribution in [0, 0.1) is 11.3 Å². The smallest absolute Gasteiger partial charge is 0.149 e. The van der Waals surface area contributed by atoms with Crippen molar-refractivity contribution in [2.24, 2.45) is 0 Å². The summed E-state index contributed by atoms with van der Waals surface area (Å²) >= 11 is 0. The van der Waals surface area contributed by atoms with E-state index in [0.29, 0.717) is 17.1 Å². The molecular formula is C18H12N3O3-. The van der Waals surface area contributed by atoms with Gasteiger partial charge in [0.15, 0.2) is 0 Å². The summed E-state index contributed by atoms with van der Waals surface area (Å²) < 4.78 is 5.01. The van der Waals surface area contributed by atoms with Crippen LogP contribution in [0.5, 0.6) is 5.75 Å². The molecule has 24 heavy (non-hydrogen) atoms. The van der Waals surface area contributed by atoms with Gasteiger partial charge in [-0.2, -0.15) is 5.26 Å². The standard InChI is InChI=1S/C18H13N3O3/c19-10-13(18-20-15-3-1-2-4-16(15)21-18)9-12-5-7-14(8-6-12)24-11-17(22)23/h1-9H,11H2,(H,20,21)(H,22,23)/p-1/b13-9+. The lowest BCUT2D eigenvalue weighted by atomic mass is 10.1. The monoisotopic (exact) mass is 318 g/mol. The van der Waals surface area contributed by atoms with E-state index in [1.165, 1.54) is 0 Å². The summed E-state index contributed by atoms with van der Waals surface area (Å²) in [6.07, 6.45) is 1.69. The summed E-state index contributed by atoms with van der Waals surface area (Å²) in [7, 11) is 0. The fraction of sp³-hybridized carbons (Fsp3) is 0.0556. The Morgan fingerprint density at radius 3 is 2.67 bits per heavy atom. The van der Waals surface area contributed by atoms with Gasteiger partial charge in [-0.3, -0.25) is 0 Å². The number of allylic oxidation sites excluding steroid dienone is 1. The number of aromatic amines is 1. The molecule has 1 N–H and O–H groups in total. The quantitative estimate of drug-likeness (QED) is 0.722. The van der Waals surface area contributed by atoms with E-state index in [0.717, 1.165) is 16.6 Å². The van der Waals surface area contributed by atoms with E-state index in [2.05, 4.69) is 16.0 Å². The van der Waals surface area contributed by atoms with Gasteiger partial charge in [0, 0.05) is 0 Å². The van der Waals surface area contributed by atoms with Gasteiger partial charge >= 0.3 is 0 Å². The zero-order chi connectivity index (χ0) is 16.9. The third kappa shape index (κ3) is 3.42. The molecule has 2 aromatic carbocycles. The van der Waals surface area contributed by atoms with Gasteiger partial charge in [-0.15, -0.1) is 0 Å². The highest BCUT2D eigenvalue weighted by Crippen LogP contribution is 2.20. The summed E-state index contributed by atoms with van der Waals surface area (Å²) in [5.41, 5.74) is 2.82. The Labute approximate surface area is 137 Å². The van der Waals surface area contributed by atoms with Gasteiger partial charge in [0.25, 0.3) is 0 Å². The van der Waals surface area contributed by atoms with Crippen LogP contribution in [0.4, 0.5) is 0 Å². The zero-order valence-electron chi connectivity index (χ0n) is 12.5. The van der Waals surface area contributed by atoms with Crippen molar-refractivity contribution >= 4 is 28.7 Å². The van der Waals surface area contributed by atoms with Crippen molar-refractivity contribution in [2.45, 2.75) is 0 Å². The van der Waals surface area contributed by atoms with Crippen LogP contribution < -0.4 is 9.84 Å². The Morgan fingerprint density at radius 2 is 2.00 bits per heavy atom. The average Bonchev–Trinajstić information content (AvgIpc) is 3.02. The summed E-state index contributed by atoms with van der Waals surface area (Å²) in [6.45, 7) is -0.502. The lowest BCUT2D eigenvalue weighted by Crippen LogP contribution is -2.28. The van der Waals surface area contributed by atoms with Crippen molar-refractivity contribution in [3.05, 3.63) is 59.9 Å². The number of carbonyl (C=O) groups excluding carboxylic acids is 1. The Kier molecular flexibility index (Phi) is 4.25. The van der Waals surface area contributed by atoms with Gasteiger partial charge in [0.2, 0.25) is 0 Å². The third-order valence-electron chi connectivity index (χ3n) is 3.31. The molecule has 6 nitrogen and oxygen atoms in total. The largest absolute Gasteiger partial charge is 0.546 e. The number of rotatable bonds is 5. The first kappa shape index (κ1) is 15.3. The van der Waals surface area contributed by atoms with Gasteiger partial charge in [0.05, 0.1) is 22.6 Å². The van der Waals surface area contributed by atoms with E-state index < -0.39 is 12.6 Å². The maximum atomic E-state index is 10.4. The van der Waals surface area contributed by atoms with Gasteiger partial charge in [0.1, 0.15) is 24.3 Å². The molecular weight excluding hydrogens is 306 g/mol. The van der Waals surface area contributed by atoms with E-state index >= 15 is 0 Å². The van der Waals surface area contributed by atoms with E-state index in [1.54, 1.807) is 30.3 Å². The molecule has 3 rings (SSSR count). The number of imidazole rings is 1. The molecule has 0 atom stereocenters. The zero-order valence-corrected chi connectivity index (χ0v) is 12.5. The Balaban J connectivity index is 1.85. The van der Waals surface area contributed by atoms with Crippen molar-refractivity contribution in [1.82, 2.24) is 9.97 Å². The number of H-pyrrole nitrogens is 1. The molecule has 3 aromatic rings. The number of nitriles is 1. The second-order valence-electron chi connectivity index (χ2n) is 5.00. The molecule has 0 fully saturated rings. The van der Waals surface area contributed by atoms with Gasteiger partial charge in [-0.1, -0.05) is 24.3 Å². The van der Waals surface area contributed by atoms with Gasteiger partial charge in [-0.25, -0.2) is 4.98 Å². The number of aliphatic carboxylic acids is 1. The van der Waals surface area contributed by atoms with E-state index in [4.69, 9.17) is 4.74 Å². The van der Waals surface area contributed by atoms with Crippen LogP contribution in [0.2, 0.25) is 0 Å². The average molecular weight is 318 g/mol. The number of nitrogens with one attached hydrogen (secondary N) is 1. The number of carboxylic acids is 1. The summed E-state index contributed by atoms with van der Waals surface area (Å²) in [4.78, 5) is 17.9. The minimum atomic E-state index is -1.28. The van der Waals surface area contributed by atoms with Crippen LogP contribution in [0.15, 0.2) is 48.5 Å². The van der Waals surface area contributed by atoms with Crippen molar-refractivity contribution in [3.8, 4) is 11.8 Å². The van der Waals surface area contributed by atoms with Gasteiger partial charge < -0.3 is 19.6 Å². The first-order chi connectivity index (χ1) is 11.7. The van der Waals surface area contributed by atoms with Gasteiger partial charge in [-0.05, 0) is 35.9 Å². The predicted octanol–water partition coefficient (Wildman–Crippen LogP) is 1.76. The van der Waals surface area contributed by atoms with Crippen LogP contribution in [-0.2, 0) is 4.79 Å². The summed E-state index contributed by atoms with van der Waals surface area (Å²) in [6, 6.07) is 16.4. The van der Waals surface area contributed by atoms with E-state index in [-0.39, 0.29) is 0 Å². The van der Waals surface area contributed by atoms with Crippen molar-refractivity contribution in [1.29, 1.82) is 5.26 Å². The van der Waals surface area contributed by atoms with Crippen LogP contribution in [0.1, 0.15) is 11.4 Å². The van der Waals surface area contributed by atoms with Crippen LogP contribution >= 0.6 is 0 Å². The topological polar surface area (TPSA) is 102 Å². The highest BCUT2D eigenvalue weighted by molar-refractivity contribution is 5.90. The maximum Gasteiger partial charge on any atom is 0.149 e. The molecule has 1 aromatic heterocycles. The van der Waals surface area contributed by atoms with E-state index in [1.807, 2.05) is 24.3 Å². The maximum absolute atomic E-state index is 10.4. The molecule has 0 bridgehead atoms. The molecule has 1 heterocycles. The van der Waals surface area contributed by atoms with Crippen molar-refractivity contribution < 1.29 is 14.6 Å². The number of carboxylic acid groups (broad SMARTS) is 1. The minimum Gasteiger partial charge on any atom is -0.546 e. The summed E-state index contributed by atoms with van der Waals surface area (Å²) in [5, 5.41) is 19.8. The number of benzene rings is 2. The Morgan fingerprint density at radius 1 is 1.25 bits per heavy atom. The Bertz CT molecular complexity index is 917. The fourth-order valence-corrected chi connectivity index (χ4v) is 2.20. The minimum absolute atomic E-state index is 0.398. The van der Waals surface area contributed by atoms with Crippen LogP contribution in [0.3, 0.4) is 0 Å². The number of para-hydroxylation sites is 2. The van der Waals surface area contributed by atoms with E-state index in [9.17, 15) is 15.2 Å². The third-order valence-corrected chi connectivity index (χ3v) is 3.31. The molecule has 0 unspecified atom stereocenters. The normalized spacial score (nSPS) is 11.2. The number of hydrogen-bond acceptors (Lipinski definition) is 5. The number of carbonyl (C=O) groups is 1. The van der Waals surface area contributed by atoms with Crippen LogP contribution in [-0.4, -0.2) is 22.5 Å². The molecule has 0 saturated heterocycles. The molecule has 0 aliphatic heterocycles. The number of nitrogens with zero attached hydrogens (tertiary/aromatic N) is 2. The highest BCUT2D eigenvalue weighted by Gasteiger charge is 2.07. The SMILES string of the molecule is N#C/C(=C\c1ccc(OCC(=O)[O-])cc1)c1nc2ccccc2[nH]1. The fourth-order valence-electron chi connectivity index (χ4n) is 2.20. The second-order valence-corrected chi connectivity index (χ2v) is 5.00. The molecule has 118 valence electrons. The second kappa shape index (κ2) is 6.67. The van der Waals surface area contributed by atoms with Crippen molar-refractivity contribution in [3.63, 3.8) is 0 Å². The van der Waals surface area contributed by atoms with Crippen molar-refractivity contribution in [2.75, 3.05) is 6.61 Å². The molecule has 0 amide bonds. The first-order valence-corrected chi connectivity index (χ1v) is 7.15. The lowest BCUT2D eigenvalue weighted by Gasteiger charge is -2.06. The number of fused-ring (bicyclic) bond motifs is 1. The first-order valence-electron chi connectivity index (χ1n) is 7.15. The number of ether oxygens (including phenoxy) is 1. The predicted molar refractivity (Wildman–Crippen MR) is 86.5 cm³/mol. The number of hydrogen-bond donors (Lipinski definition) is 1. The van der Waals surface area contributed by atoms with Crippen LogP contribution in [0.25, 0.3) is 22.7 Å². The summed E-state index contributed by atoms with van der Waals surface area (Å²) in [5.74, 6) is -0.370. The highest BCUT2D eigenvalue weighted by atomic mass is 16.5. The molecule has 0 spiro atoms. The molecule has 0 radical (unpaired) electrons. The lowest BCUT2D eigenvalue weighted by molar-refractivity contribution is -0.307. The molecule has 0 aliphatic rings.